The molecular weight excluding hydrogens is 285 g/mol. The van der Waals surface area contributed by atoms with E-state index in [1.807, 2.05) is 0 Å². The van der Waals surface area contributed by atoms with E-state index in [1.165, 1.54) is 27.5 Å². The molecule has 0 aliphatic heterocycles. The van der Waals surface area contributed by atoms with E-state index in [-0.39, 0.29) is 0 Å². The molecule has 0 heterocycles. The number of hydrogen-bond donors (Lipinski definition) is 1. The SMILES string of the molecule is Cc1cccc(C)c1CNCCCI. The summed E-state index contributed by atoms with van der Waals surface area (Å²) in [6, 6.07) is 6.49. The van der Waals surface area contributed by atoms with E-state index in [9.17, 15) is 0 Å². The maximum absolute atomic E-state index is 3.48. The van der Waals surface area contributed by atoms with E-state index in [4.69, 9.17) is 0 Å². The van der Waals surface area contributed by atoms with E-state index in [1.54, 1.807) is 0 Å². The van der Waals surface area contributed by atoms with E-state index in [0.717, 1.165) is 13.1 Å². The first kappa shape index (κ1) is 12.0. The second-order valence-corrected chi connectivity index (χ2v) is 4.67. The average Bonchev–Trinajstić information content (AvgIpc) is 2.16. The van der Waals surface area contributed by atoms with Gasteiger partial charge in [0.25, 0.3) is 0 Å². The highest BCUT2D eigenvalue weighted by Gasteiger charge is 2.00. The predicted octanol–water partition coefficient (Wildman–Crippen LogP) is 3.22. The zero-order valence-electron chi connectivity index (χ0n) is 8.94. The number of rotatable bonds is 5. The van der Waals surface area contributed by atoms with Gasteiger partial charge in [0.2, 0.25) is 0 Å². The number of benzene rings is 1. The van der Waals surface area contributed by atoms with Gasteiger partial charge < -0.3 is 5.32 Å². The summed E-state index contributed by atoms with van der Waals surface area (Å²) < 4.78 is 1.23. The van der Waals surface area contributed by atoms with Gasteiger partial charge in [-0.15, -0.1) is 0 Å². The number of halogens is 1. The Hall–Kier alpha value is -0.0900. The van der Waals surface area contributed by atoms with Crippen molar-refractivity contribution < 1.29 is 0 Å². The second kappa shape index (κ2) is 6.40. The van der Waals surface area contributed by atoms with Crippen molar-refractivity contribution in [2.24, 2.45) is 0 Å². The summed E-state index contributed by atoms with van der Waals surface area (Å²) in [6.07, 6.45) is 1.26. The van der Waals surface area contributed by atoms with Crippen LogP contribution in [0.2, 0.25) is 0 Å². The molecule has 78 valence electrons. The van der Waals surface area contributed by atoms with Gasteiger partial charge in [-0.05, 0) is 43.5 Å². The van der Waals surface area contributed by atoms with E-state index in [0.29, 0.717) is 0 Å². The summed E-state index contributed by atoms with van der Waals surface area (Å²) in [6.45, 7) is 6.50. The molecule has 0 amide bonds. The molecule has 0 atom stereocenters. The standard InChI is InChI=1S/C12H18IN/c1-10-5-3-6-11(2)12(10)9-14-8-4-7-13/h3,5-6,14H,4,7-9H2,1-2H3. The first-order valence-corrected chi connectivity index (χ1v) is 6.60. The number of nitrogens with one attached hydrogen (secondary N) is 1. The van der Waals surface area contributed by atoms with Gasteiger partial charge in [-0.3, -0.25) is 0 Å². The van der Waals surface area contributed by atoms with Crippen LogP contribution in [0.4, 0.5) is 0 Å². The molecule has 0 radical (unpaired) electrons. The van der Waals surface area contributed by atoms with Crippen molar-refractivity contribution in [2.75, 3.05) is 11.0 Å². The largest absolute Gasteiger partial charge is 0.313 e. The van der Waals surface area contributed by atoms with Crippen molar-refractivity contribution in [2.45, 2.75) is 26.8 Å². The van der Waals surface area contributed by atoms with Gasteiger partial charge in [0, 0.05) is 11.0 Å². The minimum absolute atomic E-state index is 1.01. The first-order valence-electron chi connectivity index (χ1n) is 5.07. The third kappa shape index (κ3) is 3.58. The van der Waals surface area contributed by atoms with Gasteiger partial charge in [-0.2, -0.15) is 0 Å². The van der Waals surface area contributed by atoms with Crippen molar-refractivity contribution in [3.8, 4) is 0 Å². The Kier molecular flexibility index (Phi) is 5.48. The van der Waals surface area contributed by atoms with Crippen LogP contribution in [-0.4, -0.2) is 11.0 Å². The quantitative estimate of drug-likeness (QED) is 0.500. The minimum atomic E-state index is 1.01. The van der Waals surface area contributed by atoms with Crippen LogP contribution in [0.1, 0.15) is 23.1 Å². The van der Waals surface area contributed by atoms with Gasteiger partial charge >= 0.3 is 0 Å². The van der Waals surface area contributed by atoms with Gasteiger partial charge in [-0.1, -0.05) is 40.8 Å². The van der Waals surface area contributed by atoms with Crippen LogP contribution in [0.15, 0.2) is 18.2 Å². The lowest BCUT2D eigenvalue weighted by atomic mass is 10.0. The van der Waals surface area contributed by atoms with Crippen LogP contribution < -0.4 is 5.32 Å². The molecule has 0 saturated carbocycles. The number of hydrogen-bond acceptors (Lipinski definition) is 1. The summed E-state index contributed by atoms with van der Waals surface area (Å²) in [5.74, 6) is 0. The summed E-state index contributed by atoms with van der Waals surface area (Å²) in [4.78, 5) is 0. The highest BCUT2D eigenvalue weighted by Crippen LogP contribution is 2.12. The lowest BCUT2D eigenvalue weighted by Gasteiger charge is -2.10. The van der Waals surface area contributed by atoms with E-state index >= 15 is 0 Å². The molecule has 0 saturated heterocycles. The Bertz CT molecular complexity index is 263. The summed E-state index contributed by atoms with van der Waals surface area (Å²) >= 11 is 2.42. The molecular formula is C12H18IN. The third-order valence-corrected chi connectivity index (χ3v) is 3.20. The molecule has 2 heteroatoms. The molecule has 0 spiro atoms. The average molecular weight is 303 g/mol. The molecule has 0 aliphatic rings. The maximum atomic E-state index is 3.48. The van der Waals surface area contributed by atoms with Crippen molar-refractivity contribution in [3.63, 3.8) is 0 Å². The summed E-state index contributed by atoms with van der Waals surface area (Å²) in [5, 5.41) is 3.48. The molecule has 1 N–H and O–H groups in total. The van der Waals surface area contributed by atoms with Crippen molar-refractivity contribution in [1.29, 1.82) is 0 Å². The minimum Gasteiger partial charge on any atom is -0.313 e. The zero-order chi connectivity index (χ0) is 10.4. The fraction of sp³-hybridized carbons (Fsp3) is 0.500. The van der Waals surface area contributed by atoms with E-state index in [2.05, 4.69) is 60.0 Å². The fourth-order valence-corrected chi connectivity index (χ4v) is 1.91. The lowest BCUT2D eigenvalue weighted by Crippen LogP contribution is -2.16. The fourth-order valence-electron chi connectivity index (χ4n) is 1.53. The molecule has 0 bridgehead atoms. The van der Waals surface area contributed by atoms with E-state index < -0.39 is 0 Å². The smallest absolute Gasteiger partial charge is 0.0210 e. The van der Waals surface area contributed by atoms with Crippen LogP contribution in [-0.2, 0) is 6.54 Å². The topological polar surface area (TPSA) is 12.0 Å². The van der Waals surface area contributed by atoms with Gasteiger partial charge in [-0.25, -0.2) is 0 Å². The van der Waals surface area contributed by atoms with Crippen LogP contribution in [0.5, 0.6) is 0 Å². The van der Waals surface area contributed by atoms with Crippen molar-refractivity contribution in [1.82, 2.24) is 5.32 Å². The van der Waals surface area contributed by atoms with Crippen molar-refractivity contribution >= 4 is 22.6 Å². The van der Waals surface area contributed by atoms with Crippen LogP contribution in [0.25, 0.3) is 0 Å². The Balaban J connectivity index is 2.49. The molecule has 1 rings (SSSR count). The Morgan fingerprint density at radius 1 is 1.21 bits per heavy atom. The second-order valence-electron chi connectivity index (χ2n) is 3.59. The highest BCUT2D eigenvalue weighted by molar-refractivity contribution is 14.1. The Morgan fingerprint density at radius 3 is 2.43 bits per heavy atom. The predicted molar refractivity (Wildman–Crippen MR) is 71.1 cm³/mol. The molecule has 1 aromatic carbocycles. The molecule has 0 unspecified atom stereocenters. The number of aryl methyl sites for hydroxylation is 2. The normalized spacial score (nSPS) is 10.5. The van der Waals surface area contributed by atoms with Crippen LogP contribution in [0, 0.1) is 13.8 Å². The summed E-state index contributed by atoms with van der Waals surface area (Å²) in [5.41, 5.74) is 4.25. The highest BCUT2D eigenvalue weighted by atomic mass is 127. The molecule has 0 aromatic heterocycles. The summed E-state index contributed by atoms with van der Waals surface area (Å²) in [7, 11) is 0. The third-order valence-electron chi connectivity index (χ3n) is 2.43. The number of alkyl halides is 1. The zero-order valence-corrected chi connectivity index (χ0v) is 11.1. The molecule has 1 aromatic rings. The Labute approximate surface area is 100 Å². The van der Waals surface area contributed by atoms with Gasteiger partial charge in [0.1, 0.15) is 0 Å². The molecule has 14 heavy (non-hydrogen) atoms. The molecule has 0 aliphatic carbocycles. The Morgan fingerprint density at radius 2 is 1.86 bits per heavy atom. The lowest BCUT2D eigenvalue weighted by molar-refractivity contribution is 0.677. The van der Waals surface area contributed by atoms with Gasteiger partial charge in [0.05, 0.1) is 0 Å². The van der Waals surface area contributed by atoms with Crippen LogP contribution >= 0.6 is 22.6 Å². The van der Waals surface area contributed by atoms with Crippen molar-refractivity contribution in [3.05, 3.63) is 34.9 Å². The maximum Gasteiger partial charge on any atom is 0.0210 e. The first-order chi connectivity index (χ1) is 6.75. The van der Waals surface area contributed by atoms with Gasteiger partial charge in [0.15, 0.2) is 0 Å². The molecule has 0 fully saturated rings. The van der Waals surface area contributed by atoms with Crippen LogP contribution in [0.3, 0.4) is 0 Å². The molecule has 1 nitrogen and oxygen atoms in total. The monoisotopic (exact) mass is 303 g/mol.